The Morgan fingerprint density at radius 2 is 1.95 bits per heavy atom. The number of carboxylic acid groups (broad SMARTS) is 1. The Bertz CT molecular complexity index is 586. The van der Waals surface area contributed by atoms with Crippen molar-refractivity contribution in [3.63, 3.8) is 0 Å². The number of hydrogen-bond donors (Lipinski definition) is 1. The molecule has 0 saturated heterocycles. The van der Waals surface area contributed by atoms with E-state index < -0.39 is 5.97 Å². The summed E-state index contributed by atoms with van der Waals surface area (Å²) >= 11 is 0. The van der Waals surface area contributed by atoms with Gasteiger partial charge in [0.1, 0.15) is 0 Å². The van der Waals surface area contributed by atoms with Gasteiger partial charge in [-0.2, -0.15) is 0 Å². The molecule has 2 aromatic rings. The molecule has 3 heteroatoms. The molecule has 3 nitrogen and oxygen atoms in total. The quantitative estimate of drug-likeness (QED) is 0.851. The fourth-order valence-electron chi connectivity index (χ4n) is 1.78. The molecular weight excluding hydrogens is 238 g/mol. The van der Waals surface area contributed by atoms with Crippen LogP contribution in [-0.2, 0) is 11.2 Å². The van der Waals surface area contributed by atoms with Crippen LogP contribution in [0.5, 0.6) is 0 Å². The van der Waals surface area contributed by atoms with Gasteiger partial charge in [0.2, 0.25) is 0 Å². The summed E-state index contributed by atoms with van der Waals surface area (Å²) in [6.45, 7) is 2.08. The number of carbonyl (C=O) groups is 1. The van der Waals surface area contributed by atoms with Crippen LogP contribution >= 0.6 is 0 Å². The number of carboxylic acids is 1. The zero-order valence-electron chi connectivity index (χ0n) is 10.7. The van der Waals surface area contributed by atoms with Crippen LogP contribution in [0.4, 0.5) is 0 Å². The van der Waals surface area contributed by atoms with E-state index in [-0.39, 0.29) is 5.57 Å². The van der Waals surface area contributed by atoms with Gasteiger partial charge in [-0.1, -0.05) is 37.3 Å². The summed E-state index contributed by atoms with van der Waals surface area (Å²) in [5.41, 5.74) is 2.76. The van der Waals surface area contributed by atoms with Gasteiger partial charge in [0.15, 0.2) is 0 Å². The number of aliphatic carboxylic acids is 1. The van der Waals surface area contributed by atoms with Crippen molar-refractivity contribution in [2.75, 3.05) is 0 Å². The van der Waals surface area contributed by atoms with Gasteiger partial charge in [0, 0.05) is 6.20 Å². The fraction of sp³-hybridized carbons (Fsp3) is 0.125. The molecule has 0 fully saturated rings. The molecule has 0 saturated carbocycles. The summed E-state index contributed by atoms with van der Waals surface area (Å²) in [7, 11) is 0. The Kier molecular flexibility index (Phi) is 4.08. The molecule has 0 atom stereocenters. The molecule has 0 aliphatic carbocycles. The topological polar surface area (TPSA) is 50.2 Å². The maximum atomic E-state index is 11.3. The van der Waals surface area contributed by atoms with E-state index in [1.54, 1.807) is 30.5 Å². The molecular formula is C16H15NO2. The highest BCUT2D eigenvalue weighted by atomic mass is 16.4. The van der Waals surface area contributed by atoms with Gasteiger partial charge in [0.05, 0.1) is 11.3 Å². The molecule has 0 aliphatic heterocycles. The number of aromatic nitrogens is 1. The van der Waals surface area contributed by atoms with Crippen molar-refractivity contribution in [3.05, 3.63) is 65.5 Å². The van der Waals surface area contributed by atoms with Gasteiger partial charge in [-0.15, -0.1) is 0 Å². The lowest BCUT2D eigenvalue weighted by Crippen LogP contribution is -2.01. The van der Waals surface area contributed by atoms with E-state index in [1.165, 1.54) is 5.56 Å². The van der Waals surface area contributed by atoms with E-state index in [4.69, 9.17) is 0 Å². The summed E-state index contributed by atoms with van der Waals surface area (Å²) in [4.78, 5) is 15.4. The molecule has 1 N–H and O–H groups in total. The summed E-state index contributed by atoms with van der Waals surface area (Å²) in [6.07, 6.45) is 4.20. The Balaban J connectivity index is 2.38. The number of pyridine rings is 1. The summed E-state index contributed by atoms with van der Waals surface area (Å²) in [5, 5.41) is 9.28. The number of benzene rings is 1. The number of nitrogens with zero attached hydrogens (tertiary/aromatic N) is 1. The highest BCUT2D eigenvalue weighted by Crippen LogP contribution is 2.17. The number of rotatable bonds is 4. The molecule has 2 rings (SSSR count). The minimum absolute atomic E-state index is 0.199. The van der Waals surface area contributed by atoms with E-state index in [0.29, 0.717) is 5.69 Å². The standard InChI is InChI=1S/C16H15NO2/c1-2-12-6-8-13(9-7-12)11-14(16(18)19)15-5-3-4-10-17-15/h3-11H,2H2,1H3,(H,18,19)/b14-11+. The van der Waals surface area contributed by atoms with E-state index in [9.17, 15) is 9.90 Å². The van der Waals surface area contributed by atoms with Crippen molar-refractivity contribution in [2.24, 2.45) is 0 Å². The van der Waals surface area contributed by atoms with Gasteiger partial charge in [-0.3, -0.25) is 4.98 Å². The second-order valence-electron chi connectivity index (χ2n) is 4.17. The van der Waals surface area contributed by atoms with Gasteiger partial charge >= 0.3 is 5.97 Å². The number of hydrogen-bond acceptors (Lipinski definition) is 2. The monoisotopic (exact) mass is 253 g/mol. The molecule has 0 spiro atoms. The molecule has 1 aromatic heterocycles. The Morgan fingerprint density at radius 1 is 1.21 bits per heavy atom. The van der Waals surface area contributed by atoms with Gasteiger partial charge in [0.25, 0.3) is 0 Å². The molecule has 19 heavy (non-hydrogen) atoms. The van der Waals surface area contributed by atoms with Crippen LogP contribution in [0.2, 0.25) is 0 Å². The second kappa shape index (κ2) is 5.96. The highest BCUT2D eigenvalue weighted by Gasteiger charge is 2.11. The van der Waals surface area contributed by atoms with Crippen molar-refractivity contribution >= 4 is 17.6 Å². The zero-order chi connectivity index (χ0) is 13.7. The van der Waals surface area contributed by atoms with Crippen LogP contribution in [0.15, 0.2) is 48.7 Å². The smallest absolute Gasteiger partial charge is 0.337 e. The first-order chi connectivity index (χ1) is 9.20. The Hall–Kier alpha value is -2.42. The first-order valence-corrected chi connectivity index (χ1v) is 6.16. The maximum Gasteiger partial charge on any atom is 0.337 e. The minimum Gasteiger partial charge on any atom is -0.478 e. The minimum atomic E-state index is -0.974. The molecule has 1 heterocycles. The summed E-state index contributed by atoms with van der Waals surface area (Å²) in [5.74, 6) is -0.974. The lowest BCUT2D eigenvalue weighted by atomic mass is 10.1. The average Bonchev–Trinajstić information content (AvgIpc) is 2.46. The van der Waals surface area contributed by atoms with Crippen molar-refractivity contribution < 1.29 is 9.90 Å². The van der Waals surface area contributed by atoms with Crippen LogP contribution in [0, 0.1) is 0 Å². The number of aryl methyl sites for hydroxylation is 1. The van der Waals surface area contributed by atoms with E-state index in [0.717, 1.165) is 12.0 Å². The average molecular weight is 253 g/mol. The molecule has 0 amide bonds. The SMILES string of the molecule is CCc1ccc(/C=C(/C(=O)O)c2ccccn2)cc1. The van der Waals surface area contributed by atoms with Crippen molar-refractivity contribution in [1.29, 1.82) is 0 Å². The van der Waals surface area contributed by atoms with Gasteiger partial charge < -0.3 is 5.11 Å². The lowest BCUT2D eigenvalue weighted by Gasteiger charge is -2.02. The van der Waals surface area contributed by atoms with Crippen molar-refractivity contribution in [1.82, 2.24) is 4.98 Å². The lowest BCUT2D eigenvalue weighted by molar-refractivity contribution is -0.130. The van der Waals surface area contributed by atoms with Gasteiger partial charge in [-0.05, 0) is 35.8 Å². The van der Waals surface area contributed by atoms with E-state index >= 15 is 0 Å². The molecule has 0 bridgehead atoms. The molecule has 96 valence electrons. The largest absolute Gasteiger partial charge is 0.478 e. The van der Waals surface area contributed by atoms with Gasteiger partial charge in [-0.25, -0.2) is 4.79 Å². The third-order valence-corrected chi connectivity index (χ3v) is 2.87. The highest BCUT2D eigenvalue weighted by molar-refractivity contribution is 6.20. The predicted octanol–water partition coefficient (Wildman–Crippen LogP) is 3.27. The molecule has 0 radical (unpaired) electrons. The first-order valence-electron chi connectivity index (χ1n) is 6.16. The van der Waals surface area contributed by atoms with Crippen LogP contribution in [0.25, 0.3) is 11.6 Å². The van der Waals surface area contributed by atoms with Crippen LogP contribution in [0.1, 0.15) is 23.7 Å². The third-order valence-electron chi connectivity index (χ3n) is 2.87. The normalized spacial score (nSPS) is 11.3. The van der Waals surface area contributed by atoms with Crippen LogP contribution < -0.4 is 0 Å². The third kappa shape index (κ3) is 3.28. The van der Waals surface area contributed by atoms with E-state index in [2.05, 4.69) is 11.9 Å². The maximum absolute atomic E-state index is 11.3. The van der Waals surface area contributed by atoms with Crippen LogP contribution in [-0.4, -0.2) is 16.1 Å². The molecule has 1 aromatic carbocycles. The Labute approximate surface area is 112 Å². The van der Waals surface area contributed by atoms with Crippen molar-refractivity contribution in [2.45, 2.75) is 13.3 Å². The molecule has 0 unspecified atom stereocenters. The summed E-state index contributed by atoms with van der Waals surface area (Å²) in [6, 6.07) is 13.1. The first kappa shape index (κ1) is 13.0. The summed E-state index contributed by atoms with van der Waals surface area (Å²) < 4.78 is 0. The second-order valence-corrected chi connectivity index (χ2v) is 4.17. The molecule has 0 aliphatic rings. The van der Waals surface area contributed by atoms with E-state index in [1.807, 2.05) is 24.3 Å². The van der Waals surface area contributed by atoms with Crippen LogP contribution in [0.3, 0.4) is 0 Å². The predicted molar refractivity (Wildman–Crippen MR) is 75.6 cm³/mol. The Morgan fingerprint density at radius 3 is 2.47 bits per heavy atom. The fourth-order valence-corrected chi connectivity index (χ4v) is 1.78. The van der Waals surface area contributed by atoms with Crippen molar-refractivity contribution in [3.8, 4) is 0 Å². The zero-order valence-corrected chi connectivity index (χ0v) is 10.7.